The zero-order chi connectivity index (χ0) is 17.4. The average Bonchev–Trinajstić information content (AvgIpc) is 3.27. The normalized spacial score (nSPS) is 11.5. The second-order valence-corrected chi connectivity index (χ2v) is 6.69. The number of carbonyl (C=O) groups is 3. The van der Waals surface area contributed by atoms with Crippen LogP contribution in [0.1, 0.15) is 34.1 Å². The molecule has 128 valence electrons. The van der Waals surface area contributed by atoms with Crippen molar-refractivity contribution in [3.63, 3.8) is 0 Å². The van der Waals surface area contributed by atoms with E-state index in [2.05, 4.69) is 15.4 Å². The van der Waals surface area contributed by atoms with Gasteiger partial charge in [-0.15, -0.1) is 11.3 Å². The molecule has 0 spiro atoms. The molecule has 0 saturated heterocycles. The first kappa shape index (κ1) is 18.2. The molecular formula is C16H18N2O4S2. The zero-order valence-electron chi connectivity index (χ0n) is 13.1. The molecule has 2 N–H and O–H groups in total. The molecule has 0 aromatic carbocycles. The number of thiophene rings is 2. The van der Waals surface area contributed by atoms with Gasteiger partial charge in [-0.05, 0) is 22.9 Å². The Morgan fingerprint density at radius 1 is 1.25 bits per heavy atom. The SMILES string of the molecule is COC(=O)C[C@@H](NC(=O)CCNC(=O)c1ccsc1)c1cccs1. The molecule has 8 heteroatoms. The van der Waals surface area contributed by atoms with Crippen LogP contribution in [0.2, 0.25) is 0 Å². The summed E-state index contributed by atoms with van der Waals surface area (Å²) in [4.78, 5) is 36.3. The molecule has 2 aromatic rings. The van der Waals surface area contributed by atoms with Gasteiger partial charge in [0.15, 0.2) is 0 Å². The molecule has 0 aliphatic rings. The van der Waals surface area contributed by atoms with Gasteiger partial charge in [0.05, 0.1) is 19.6 Å². The molecule has 0 unspecified atom stereocenters. The molecule has 2 heterocycles. The van der Waals surface area contributed by atoms with Gasteiger partial charge in [-0.25, -0.2) is 0 Å². The number of rotatable bonds is 8. The molecule has 6 nitrogen and oxygen atoms in total. The maximum absolute atomic E-state index is 12.1. The van der Waals surface area contributed by atoms with E-state index >= 15 is 0 Å². The predicted octanol–water partition coefficient (Wildman–Crippen LogP) is 2.35. The standard InChI is InChI=1S/C16H18N2O4S2/c1-22-15(20)9-12(13-3-2-7-24-13)18-14(19)4-6-17-16(21)11-5-8-23-10-11/h2-3,5,7-8,10,12H,4,6,9H2,1H3,(H,17,21)(H,18,19)/t12-/m1/s1. The van der Waals surface area contributed by atoms with Gasteiger partial charge in [0.25, 0.3) is 5.91 Å². The Hall–Kier alpha value is -2.19. The van der Waals surface area contributed by atoms with Crippen molar-refractivity contribution in [3.05, 3.63) is 44.8 Å². The fourth-order valence-electron chi connectivity index (χ4n) is 2.01. The molecule has 0 saturated carbocycles. The third-order valence-electron chi connectivity index (χ3n) is 3.24. The lowest BCUT2D eigenvalue weighted by Crippen LogP contribution is -2.33. The minimum absolute atomic E-state index is 0.0734. The highest BCUT2D eigenvalue weighted by Crippen LogP contribution is 2.22. The van der Waals surface area contributed by atoms with Crippen LogP contribution in [-0.2, 0) is 14.3 Å². The molecular weight excluding hydrogens is 348 g/mol. The highest BCUT2D eigenvalue weighted by Gasteiger charge is 2.19. The van der Waals surface area contributed by atoms with Crippen molar-refractivity contribution in [2.75, 3.05) is 13.7 Å². The highest BCUT2D eigenvalue weighted by molar-refractivity contribution is 7.10. The van der Waals surface area contributed by atoms with Crippen LogP contribution in [0.25, 0.3) is 0 Å². The minimum Gasteiger partial charge on any atom is -0.469 e. The van der Waals surface area contributed by atoms with E-state index in [1.54, 1.807) is 11.4 Å². The Balaban J connectivity index is 1.82. The van der Waals surface area contributed by atoms with Crippen LogP contribution in [0.5, 0.6) is 0 Å². The van der Waals surface area contributed by atoms with Gasteiger partial charge < -0.3 is 15.4 Å². The lowest BCUT2D eigenvalue weighted by atomic mass is 10.1. The number of amides is 2. The van der Waals surface area contributed by atoms with Gasteiger partial charge >= 0.3 is 5.97 Å². The molecule has 2 aromatic heterocycles. The van der Waals surface area contributed by atoms with Gasteiger partial charge in [-0.3, -0.25) is 14.4 Å². The second kappa shape index (κ2) is 9.19. The van der Waals surface area contributed by atoms with E-state index in [0.717, 1.165) is 4.88 Å². The molecule has 0 radical (unpaired) electrons. The number of carbonyl (C=O) groups excluding carboxylic acids is 3. The maximum atomic E-state index is 12.1. The average molecular weight is 366 g/mol. The Labute approximate surface area is 147 Å². The van der Waals surface area contributed by atoms with Crippen LogP contribution in [0, 0.1) is 0 Å². The van der Waals surface area contributed by atoms with Gasteiger partial charge in [-0.2, -0.15) is 11.3 Å². The van der Waals surface area contributed by atoms with E-state index in [1.807, 2.05) is 22.9 Å². The molecule has 2 amide bonds. The molecule has 0 fully saturated rings. The van der Waals surface area contributed by atoms with E-state index in [4.69, 9.17) is 0 Å². The largest absolute Gasteiger partial charge is 0.469 e. The summed E-state index contributed by atoms with van der Waals surface area (Å²) in [5.41, 5.74) is 0.586. The minimum atomic E-state index is -0.419. The summed E-state index contributed by atoms with van der Waals surface area (Å²) in [7, 11) is 1.32. The fraction of sp³-hybridized carbons (Fsp3) is 0.312. The van der Waals surface area contributed by atoms with Crippen LogP contribution in [0.15, 0.2) is 34.3 Å². The summed E-state index contributed by atoms with van der Waals surface area (Å²) in [6.45, 7) is 0.232. The monoisotopic (exact) mass is 366 g/mol. The van der Waals surface area contributed by atoms with Gasteiger partial charge in [0.1, 0.15) is 0 Å². The first-order chi connectivity index (χ1) is 11.6. The quantitative estimate of drug-likeness (QED) is 0.703. The molecule has 24 heavy (non-hydrogen) atoms. The number of hydrogen-bond acceptors (Lipinski definition) is 6. The predicted molar refractivity (Wildman–Crippen MR) is 93.1 cm³/mol. The van der Waals surface area contributed by atoms with Crippen molar-refractivity contribution >= 4 is 40.5 Å². The number of methoxy groups -OCH3 is 1. The first-order valence-electron chi connectivity index (χ1n) is 7.30. The third kappa shape index (κ3) is 5.47. The van der Waals surface area contributed by atoms with Crippen LogP contribution >= 0.6 is 22.7 Å². The first-order valence-corrected chi connectivity index (χ1v) is 9.12. The number of nitrogens with one attached hydrogen (secondary N) is 2. The highest BCUT2D eigenvalue weighted by atomic mass is 32.1. The maximum Gasteiger partial charge on any atom is 0.307 e. The van der Waals surface area contributed by atoms with Crippen molar-refractivity contribution in [1.82, 2.24) is 10.6 Å². The van der Waals surface area contributed by atoms with Crippen molar-refractivity contribution in [2.45, 2.75) is 18.9 Å². The Morgan fingerprint density at radius 3 is 2.71 bits per heavy atom. The summed E-state index contributed by atoms with van der Waals surface area (Å²) in [6, 6.07) is 5.02. The van der Waals surface area contributed by atoms with Crippen LogP contribution in [-0.4, -0.2) is 31.4 Å². The Kier molecular flexibility index (Phi) is 6.95. The molecule has 1 atom stereocenters. The van der Waals surface area contributed by atoms with Crippen LogP contribution < -0.4 is 10.6 Å². The molecule has 2 rings (SSSR count). The fourth-order valence-corrected chi connectivity index (χ4v) is 3.43. The lowest BCUT2D eigenvalue weighted by Gasteiger charge is -2.16. The van der Waals surface area contributed by atoms with E-state index in [1.165, 1.54) is 29.8 Å². The third-order valence-corrected chi connectivity index (χ3v) is 4.91. The number of ether oxygens (including phenoxy) is 1. The molecule has 0 bridgehead atoms. The van der Waals surface area contributed by atoms with Crippen molar-refractivity contribution in [3.8, 4) is 0 Å². The summed E-state index contributed by atoms with van der Waals surface area (Å²) >= 11 is 2.90. The number of hydrogen-bond donors (Lipinski definition) is 2. The smallest absolute Gasteiger partial charge is 0.307 e. The van der Waals surface area contributed by atoms with Crippen molar-refractivity contribution < 1.29 is 19.1 Å². The van der Waals surface area contributed by atoms with E-state index in [9.17, 15) is 14.4 Å². The van der Waals surface area contributed by atoms with E-state index in [-0.39, 0.29) is 37.2 Å². The number of esters is 1. The summed E-state index contributed by atoms with van der Waals surface area (Å²) < 4.78 is 4.67. The van der Waals surface area contributed by atoms with Crippen molar-refractivity contribution in [1.29, 1.82) is 0 Å². The van der Waals surface area contributed by atoms with E-state index < -0.39 is 6.04 Å². The second-order valence-electron chi connectivity index (χ2n) is 4.93. The van der Waals surface area contributed by atoms with E-state index in [0.29, 0.717) is 5.56 Å². The van der Waals surface area contributed by atoms with Gasteiger partial charge in [0.2, 0.25) is 5.91 Å². The summed E-state index contributed by atoms with van der Waals surface area (Å²) in [5, 5.41) is 11.0. The van der Waals surface area contributed by atoms with Crippen LogP contribution in [0.3, 0.4) is 0 Å². The topological polar surface area (TPSA) is 84.5 Å². The summed E-state index contributed by atoms with van der Waals surface area (Å²) in [5.74, 6) is -0.823. The molecule has 0 aliphatic heterocycles. The zero-order valence-corrected chi connectivity index (χ0v) is 14.7. The van der Waals surface area contributed by atoms with Crippen LogP contribution in [0.4, 0.5) is 0 Å². The summed E-state index contributed by atoms with van der Waals surface area (Å²) in [6.07, 6.45) is 0.211. The van der Waals surface area contributed by atoms with Gasteiger partial charge in [-0.1, -0.05) is 6.07 Å². The molecule has 0 aliphatic carbocycles. The lowest BCUT2D eigenvalue weighted by molar-refractivity contribution is -0.141. The Bertz CT molecular complexity index is 668. The van der Waals surface area contributed by atoms with Crippen molar-refractivity contribution in [2.24, 2.45) is 0 Å². The van der Waals surface area contributed by atoms with Gasteiger partial charge in [0, 0.05) is 28.8 Å². The Morgan fingerprint density at radius 2 is 2.08 bits per heavy atom.